The first kappa shape index (κ1) is 17.7. The molecule has 1 atom stereocenters. The molecule has 0 spiro atoms. The molecule has 6 rings (SSSR count). The average Bonchev–Trinajstić information content (AvgIpc) is 2.95. The minimum atomic E-state index is -0.118. The molecule has 7 heteroatoms. The van der Waals surface area contributed by atoms with E-state index >= 15 is 0 Å². The summed E-state index contributed by atoms with van der Waals surface area (Å²) in [6.07, 6.45) is 7.92. The lowest BCUT2D eigenvalue weighted by Crippen LogP contribution is -2.55. The quantitative estimate of drug-likeness (QED) is 0.738. The number of nitrogens with zero attached hydrogens (tertiary/aromatic N) is 1. The Morgan fingerprint density at radius 3 is 2.46 bits per heavy atom. The number of thiophene rings is 1. The fourth-order valence-corrected chi connectivity index (χ4v) is 7.50. The summed E-state index contributed by atoms with van der Waals surface area (Å²) < 4.78 is 0. The molecular weight excluding hydrogens is 370 g/mol. The van der Waals surface area contributed by atoms with Gasteiger partial charge >= 0.3 is 0 Å². The number of nitrogens with two attached hydrogens (primary N) is 2. The van der Waals surface area contributed by atoms with Gasteiger partial charge in [0.1, 0.15) is 16.5 Å². The lowest BCUT2D eigenvalue weighted by Gasteiger charge is -2.59. The van der Waals surface area contributed by atoms with E-state index < -0.39 is 0 Å². The molecule has 2 aromatic rings. The van der Waals surface area contributed by atoms with Gasteiger partial charge in [-0.3, -0.25) is 10.5 Å². The molecule has 2 heterocycles. The molecule has 6 N–H and O–H groups in total. The zero-order valence-corrected chi connectivity index (χ0v) is 16.9. The molecule has 0 aromatic carbocycles. The van der Waals surface area contributed by atoms with Crippen LogP contribution in [0.1, 0.15) is 60.7 Å². The number of rotatable bonds is 3. The van der Waals surface area contributed by atoms with Gasteiger partial charge in [0.25, 0.3) is 11.7 Å². The topological polar surface area (TPSA) is 119 Å². The fourth-order valence-electron chi connectivity index (χ4n) is 6.49. The molecular formula is C21H26N5OS+. The van der Waals surface area contributed by atoms with Crippen LogP contribution in [0, 0.1) is 34.5 Å². The Hall–Kier alpha value is -2.33. The summed E-state index contributed by atoms with van der Waals surface area (Å²) in [6.45, 7) is 2.17. The van der Waals surface area contributed by atoms with Crippen molar-refractivity contribution in [3.05, 3.63) is 16.5 Å². The van der Waals surface area contributed by atoms with Gasteiger partial charge in [0, 0.05) is 6.04 Å². The van der Waals surface area contributed by atoms with E-state index in [-0.39, 0.29) is 17.4 Å². The molecule has 4 fully saturated rings. The first-order valence-electron chi connectivity index (χ1n) is 10.1. The van der Waals surface area contributed by atoms with E-state index in [9.17, 15) is 10.1 Å². The van der Waals surface area contributed by atoms with Crippen LogP contribution in [0.4, 0.5) is 11.5 Å². The number of carbonyl (C=O) groups is 1. The molecule has 0 radical (unpaired) electrons. The van der Waals surface area contributed by atoms with Crippen LogP contribution in [0.15, 0.2) is 6.07 Å². The van der Waals surface area contributed by atoms with E-state index in [1.807, 2.05) is 0 Å². The summed E-state index contributed by atoms with van der Waals surface area (Å²) in [5.74, 6) is 2.73. The number of nitrogen functional groups attached to an aromatic ring is 2. The Bertz CT molecular complexity index is 985. The highest BCUT2D eigenvalue weighted by atomic mass is 32.1. The number of nitriles is 1. The van der Waals surface area contributed by atoms with Gasteiger partial charge in [0.15, 0.2) is 4.83 Å². The van der Waals surface area contributed by atoms with Gasteiger partial charge in [-0.15, -0.1) is 0 Å². The van der Waals surface area contributed by atoms with E-state index in [2.05, 4.69) is 23.3 Å². The van der Waals surface area contributed by atoms with Crippen molar-refractivity contribution in [2.45, 2.75) is 51.5 Å². The van der Waals surface area contributed by atoms with Gasteiger partial charge in [-0.2, -0.15) is 5.26 Å². The van der Waals surface area contributed by atoms with Crippen LogP contribution in [-0.4, -0.2) is 11.9 Å². The summed E-state index contributed by atoms with van der Waals surface area (Å²) in [4.78, 5) is 17.3. The van der Waals surface area contributed by atoms with E-state index in [4.69, 9.17) is 11.5 Å². The third kappa shape index (κ3) is 2.58. The van der Waals surface area contributed by atoms with Crippen molar-refractivity contribution in [2.75, 3.05) is 11.5 Å². The van der Waals surface area contributed by atoms with Crippen molar-refractivity contribution in [2.24, 2.45) is 23.2 Å². The largest absolute Gasteiger partial charge is 0.397 e. The number of nitrogens with one attached hydrogen (secondary N) is 2. The highest BCUT2D eigenvalue weighted by Gasteiger charge is 2.53. The Labute approximate surface area is 168 Å². The van der Waals surface area contributed by atoms with Gasteiger partial charge in [-0.05, 0) is 74.7 Å². The fraction of sp³-hybridized carbons (Fsp3) is 0.571. The van der Waals surface area contributed by atoms with Crippen LogP contribution in [0.5, 0.6) is 0 Å². The maximum absolute atomic E-state index is 13.1. The highest BCUT2D eigenvalue weighted by molar-refractivity contribution is 7.20. The SMILES string of the molecule is C[C@@H](NC(=O)c1sc2[nH+]c(N)c(C#N)cc2c1N)C12CC3CC(CC(C3)C1)C2. The summed E-state index contributed by atoms with van der Waals surface area (Å²) >= 11 is 1.30. The number of aromatic amines is 1. The molecule has 0 saturated heterocycles. The number of carbonyl (C=O) groups excluding carboxylic acids is 1. The van der Waals surface area contributed by atoms with E-state index in [1.54, 1.807) is 6.07 Å². The van der Waals surface area contributed by atoms with Crippen molar-refractivity contribution in [3.63, 3.8) is 0 Å². The van der Waals surface area contributed by atoms with Crippen molar-refractivity contribution >= 4 is 39.0 Å². The van der Waals surface area contributed by atoms with Gasteiger partial charge in [0.2, 0.25) is 0 Å². The Kier molecular flexibility index (Phi) is 3.86. The van der Waals surface area contributed by atoms with Gasteiger partial charge in [0.05, 0.1) is 11.1 Å². The molecule has 1 amide bonds. The predicted molar refractivity (Wildman–Crippen MR) is 109 cm³/mol. The number of anilines is 2. The maximum Gasteiger partial charge on any atom is 0.289 e. The van der Waals surface area contributed by atoms with Crippen molar-refractivity contribution in [1.29, 1.82) is 5.26 Å². The standard InChI is InChI=1S/C21H25N5OS/c1-10(21-6-11-2-12(7-21)4-13(3-11)8-21)25-19(27)17-16(23)15-5-14(9-22)18(24)26-20(15)28-17/h5,10-13H,2-4,6-8,23H2,1H3,(H2,24,26)(H,25,27)/p+1/t10-,11?,12?,13?,21?/m1/s1. The van der Waals surface area contributed by atoms with Crippen molar-refractivity contribution in [3.8, 4) is 6.07 Å². The normalized spacial score (nSPS) is 31.6. The highest BCUT2D eigenvalue weighted by Crippen LogP contribution is 2.61. The summed E-state index contributed by atoms with van der Waals surface area (Å²) in [7, 11) is 0. The number of hydrogen-bond acceptors (Lipinski definition) is 5. The number of H-pyrrole nitrogens is 1. The molecule has 0 aliphatic heterocycles. The zero-order chi connectivity index (χ0) is 19.6. The van der Waals surface area contributed by atoms with Crippen LogP contribution in [0.25, 0.3) is 10.2 Å². The van der Waals surface area contributed by atoms with Gasteiger partial charge in [-0.1, -0.05) is 11.3 Å². The maximum atomic E-state index is 13.1. The summed E-state index contributed by atoms with van der Waals surface area (Å²) in [5.41, 5.74) is 13.2. The molecule has 2 aromatic heterocycles. The monoisotopic (exact) mass is 396 g/mol. The van der Waals surface area contributed by atoms with E-state index in [0.717, 1.165) is 22.6 Å². The zero-order valence-electron chi connectivity index (χ0n) is 16.0. The minimum Gasteiger partial charge on any atom is -0.397 e. The van der Waals surface area contributed by atoms with Crippen molar-refractivity contribution in [1.82, 2.24) is 5.32 Å². The van der Waals surface area contributed by atoms with Crippen molar-refractivity contribution < 1.29 is 9.78 Å². The second-order valence-electron chi connectivity index (χ2n) is 9.27. The smallest absolute Gasteiger partial charge is 0.289 e. The number of amides is 1. The summed E-state index contributed by atoms with van der Waals surface area (Å²) in [5, 5.41) is 13.2. The van der Waals surface area contributed by atoms with Crippen LogP contribution in [0.3, 0.4) is 0 Å². The van der Waals surface area contributed by atoms with Crippen LogP contribution in [-0.2, 0) is 0 Å². The van der Waals surface area contributed by atoms with Crippen LogP contribution < -0.4 is 21.8 Å². The molecule has 4 aliphatic rings. The number of fused-ring (bicyclic) bond motifs is 1. The van der Waals surface area contributed by atoms with Gasteiger partial charge < -0.3 is 11.1 Å². The van der Waals surface area contributed by atoms with Crippen LogP contribution in [0.2, 0.25) is 0 Å². The molecule has 146 valence electrons. The Morgan fingerprint density at radius 2 is 1.89 bits per heavy atom. The lowest BCUT2D eigenvalue weighted by molar-refractivity contribution is -0.323. The summed E-state index contributed by atoms with van der Waals surface area (Å²) in [6, 6.07) is 3.85. The molecule has 4 saturated carbocycles. The molecule has 28 heavy (non-hydrogen) atoms. The van der Waals surface area contributed by atoms with Crippen LogP contribution >= 0.6 is 11.3 Å². The number of pyridine rings is 1. The Morgan fingerprint density at radius 1 is 1.29 bits per heavy atom. The predicted octanol–water partition coefficient (Wildman–Crippen LogP) is 3.09. The molecule has 4 bridgehead atoms. The minimum absolute atomic E-state index is 0.118. The third-order valence-electron chi connectivity index (χ3n) is 7.49. The molecule has 4 aliphatic carbocycles. The second-order valence-corrected chi connectivity index (χ2v) is 10.3. The number of aromatic nitrogens is 1. The lowest BCUT2D eigenvalue weighted by atomic mass is 9.48. The van der Waals surface area contributed by atoms with E-state index in [0.29, 0.717) is 27.3 Å². The first-order chi connectivity index (χ1) is 13.4. The third-order valence-corrected chi connectivity index (χ3v) is 8.62. The Balaban J connectivity index is 1.41. The van der Waals surface area contributed by atoms with E-state index in [1.165, 1.54) is 49.9 Å². The van der Waals surface area contributed by atoms with Gasteiger partial charge in [-0.25, -0.2) is 4.98 Å². The second kappa shape index (κ2) is 6.08. The molecule has 0 unspecified atom stereocenters. The first-order valence-corrected chi connectivity index (χ1v) is 10.9. The molecule has 6 nitrogen and oxygen atoms in total. The number of hydrogen-bond donors (Lipinski definition) is 3. The average molecular weight is 397 g/mol.